The Labute approximate surface area is 240 Å². The maximum Gasteiger partial charge on any atom is 0.259 e. The van der Waals surface area contributed by atoms with E-state index in [2.05, 4.69) is 15.0 Å². The Kier molecular flexibility index (Phi) is 7.52. The summed E-state index contributed by atoms with van der Waals surface area (Å²) in [6.07, 6.45) is 3.18. The van der Waals surface area contributed by atoms with Gasteiger partial charge in [-0.3, -0.25) is 19.1 Å². The normalized spacial score (nSPS) is 26.9. The lowest BCUT2D eigenvalue weighted by molar-refractivity contribution is -0.142. The van der Waals surface area contributed by atoms with Gasteiger partial charge in [-0.2, -0.15) is 0 Å². The number of hydrogen-bond donors (Lipinski definition) is 3. The van der Waals surface area contributed by atoms with Crippen LogP contribution in [0.1, 0.15) is 59.8 Å². The lowest BCUT2D eigenvalue weighted by Gasteiger charge is -2.33. The van der Waals surface area contributed by atoms with Gasteiger partial charge >= 0.3 is 0 Å². The number of likely N-dealkylation sites (tertiary alicyclic amines) is 1. The van der Waals surface area contributed by atoms with E-state index >= 15 is 0 Å². The third-order valence-corrected chi connectivity index (χ3v) is 10.3. The number of aromatic nitrogens is 1. The fourth-order valence-electron chi connectivity index (χ4n) is 5.56. The van der Waals surface area contributed by atoms with Crippen molar-refractivity contribution >= 4 is 38.5 Å². The highest BCUT2D eigenvalue weighted by atomic mass is 32.2. The molecule has 3 fully saturated rings. The van der Waals surface area contributed by atoms with Crippen molar-refractivity contribution in [3.8, 4) is 5.88 Å². The van der Waals surface area contributed by atoms with Crippen molar-refractivity contribution in [1.82, 2.24) is 19.9 Å². The molecule has 0 unspecified atom stereocenters. The number of carbonyl (C=O) groups is 3. The Morgan fingerprint density at radius 1 is 1.20 bits per heavy atom. The van der Waals surface area contributed by atoms with E-state index < -0.39 is 62.1 Å². The summed E-state index contributed by atoms with van der Waals surface area (Å²) in [6, 6.07) is 7.68. The van der Waals surface area contributed by atoms with Crippen LogP contribution in [0, 0.1) is 11.3 Å². The number of rotatable bonds is 9. The molecule has 5 atom stereocenters. The minimum Gasteiger partial charge on any atom is -0.472 e. The van der Waals surface area contributed by atoms with Gasteiger partial charge in [0.15, 0.2) is 0 Å². The summed E-state index contributed by atoms with van der Waals surface area (Å²) < 4.78 is 33.5. The number of nitrogens with two attached hydrogens (primary N) is 1. The molecule has 3 aliphatic rings. The van der Waals surface area contributed by atoms with Gasteiger partial charge in [-0.05, 0) is 48.1 Å². The van der Waals surface area contributed by atoms with E-state index in [1.165, 1.54) is 4.90 Å². The number of hydrogen-bond acceptors (Lipinski definition) is 8. The number of pyridine rings is 1. The van der Waals surface area contributed by atoms with E-state index in [-0.39, 0.29) is 18.9 Å². The summed E-state index contributed by atoms with van der Waals surface area (Å²) in [6.45, 7) is 7.55. The molecule has 0 radical (unpaired) electrons. The average Bonchev–Trinajstić information content (AvgIpc) is 3.84. The third-order valence-electron chi connectivity index (χ3n) is 8.51. The first-order chi connectivity index (χ1) is 19.3. The molecule has 5 rings (SSSR count). The van der Waals surface area contributed by atoms with E-state index in [1.807, 2.05) is 58.0 Å². The molecule has 1 aliphatic heterocycles. The first kappa shape index (κ1) is 29.2. The number of sulfonamides is 1. The summed E-state index contributed by atoms with van der Waals surface area (Å²) in [7, 11) is -3.79. The van der Waals surface area contributed by atoms with Gasteiger partial charge in [0.1, 0.15) is 17.7 Å². The predicted octanol–water partition coefficient (Wildman–Crippen LogP) is 1.85. The van der Waals surface area contributed by atoms with Crippen LogP contribution >= 0.6 is 0 Å². The monoisotopic (exact) mass is 585 g/mol. The van der Waals surface area contributed by atoms with Crippen LogP contribution in [0.25, 0.3) is 10.8 Å². The molecule has 0 spiro atoms. The molecule has 41 heavy (non-hydrogen) atoms. The number of ether oxygens (including phenoxy) is 1. The van der Waals surface area contributed by atoms with Crippen molar-refractivity contribution in [2.45, 2.75) is 88.8 Å². The van der Waals surface area contributed by atoms with Gasteiger partial charge in [0.2, 0.25) is 27.7 Å². The van der Waals surface area contributed by atoms with Crippen molar-refractivity contribution < 1.29 is 27.5 Å². The Morgan fingerprint density at radius 3 is 2.54 bits per heavy atom. The third kappa shape index (κ3) is 5.76. The molecule has 2 aliphatic carbocycles. The number of carbonyl (C=O) groups excluding carboxylic acids is 3. The minimum absolute atomic E-state index is 0.109. The summed E-state index contributed by atoms with van der Waals surface area (Å²) in [5, 5.41) is 4.03. The fourth-order valence-corrected chi connectivity index (χ4v) is 6.93. The van der Waals surface area contributed by atoms with Crippen LogP contribution in [0.15, 0.2) is 36.5 Å². The number of nitrogens with one attached hydrogen (secondary N) is 2. The second-order valence-electron chi connectivity index (χ2n) is 12.6. The highest BCUT2D eigenvalue weighted by Crippen LogP contribution is 2.47. The van der Waals surface area contributed by atoms with Gasteiger partial charge in [0, 0.05) is 18.0 Å². The summed E-state index contributed by atoms with van der Waals surface area (Å²) in [5.74, 6) is -1.47. The second-order valence-corrected chi connectivity index (χ2v) is 14.6. The molecule has 1 aromatic heterocycles. The van der Waals surface area contributed by atoms with E-state index in [0.717, 1.165) is 10.8 Å². The van der Waals surface area contributed by atoms with Crippen LogP contribution in [0.2, 0.25) is 0 Å². The first-order valence-electron chi connectivity index (χ1n) is 14.2. The van der Waals surface area contributed by atoms with Gasteiger partial charge in [0.05, 0.1) is 17.8 Å². The Bertz CT molecular complexity index is 1460. The quantitative estimate of drug-likeness (QED) is 0.402. The Morgan fingerprint density at radius 2 is 1.90 bits per heavy atom. The summed E-state index contributed by atoms with van der Waals surface area (Å²) in [5.41, 5.74) is 4.44. The minimum atomic E-state index is -3.79. The number of amides is 3. The molecule has 1 saturated heterocycles. The lowest BCUT2D eigenvalue weighted by Crippen LogP contribution is -2.59. The largest absolute Gasteiger partial charge is 0.472 e. The summed E-state index contributed by atoms with van der Waals surface area (Å²) >= 11 is 0. The zero-order chi connectivity index (χ0) is 29.7. The van der Waals surface area contributed by atoms with Gasteiger partial charge in [0.25, 0.3) is 5.91 Å². The van der Waals surface area contributed by atoms with Crippen molar-refractivity contribution in [2.75, 3.05) is 6.54 Å². The molecule has 2 saturated carbocycles. The topological polar surface area (TPSA) is 161 Å². The fraction of sp³-hybridized carbons (Fsp3) is 0.586. The predicted molar refractivity (Wildman–Crippen MR) is 153 cm³/mol. The van der Waals surface area contributed by atoms with Gasteiger partial charge in [-0.15, -0.1) is 0 Å². The van der Waals surface area contributed by atoms with E-state index in [1.54, 1.807) is 6.20 Å². The molecule has 4 N–H and O–H groups in total. The van der Waals surface area contributed by atoms with Crippen molar-refractivity contribution in [2.24, 2.45) is 17.1 Å². The van der Waals surface area contributed by atoms with Crippen molar-refractivity contribution in [3.05, 3.63) is 36.5 Å². The van der Waals surface area contributed by atoms with Crippen LogP contribution in [-0.2, 0) is 24.4 Å². The van der Waals surface area contributed by atoms with E-state index in [0.29, 0.717) is 31.6 Å². The zero-order valence-corrected chi connectivity index (χ0v) is 24.7. The molecular weight excluding hydrogens is 546 g/mol. The van der Waals surface area contributed by atoms with Gasteiger partial charge in [-0.25, -0.2) is 13.4 Å². The molecule has 2 heterocycles. The molecule has 12 heteroatoms. The smallest absolute Gasteiger partial charge is 0.259 e. The molecule has 222 valence electrons. The number of nitrogens with zero attached hydrogens (tertiary/aromatic N) is 2. The van der Waals surface area contributed by atoms with Crippen LogP contribution in [0.3, 0.4) is 0 Å². The standard InChI is InChI=1S/C29H39N5O6S/c1-5-18-15-29(18,27(37)33-41(38,39)20-10-11-20)32-24(35)22-14-19(16-34(22)26(36)23(30)28(2,3)4)40-25-21-9-7-6-8-17(21)12-13-31-25/h6-9,12-13,18-20,22-23H,5,10-11,14-16,30H2,1-4H3,(H,32,35)(H,33,37)/t18-,19-,22+,23-,29-/m1/s1. The lowest BCUT2D eigenvalue weighted by atomic mass is 9.86. The van der Waals surface area contributed by atoms with Crippen LogP contribution in [0.4, 0.5) is 0 Å². The van der Waals surface area contributed by atoms with Crippen LogP contribution in [-0.4, -0.2) is 71.5 Å². The van der Waals surface area contributed by atoms with Crippen molar-refractivity contribution in [1.29, 1.82) is 0 Å². The molecule has 2 aromatic rings. The summed E-state index contributed by atoms with van der Waals surface area (Å²) in [4.78, 5) is 46.5. The van der Waals surface area contributed by atoms with E-state index in [4.69, 9.17) is 10.5 Å². The molecule has 1 aromatic carbocycles. The van der Waals surface area contributed by atoms with Gasteiger partial charge in [-0.1, -0.05) is 52.3 Å². The SMILES string of the molecule is CC[C@@H]1C[C@]1(NC(=O)[C@@H]1C[C@@H](Oc2nccc3ccccc23)CN1C(=O)[C@@H](N)C(C)(C)C)C(=O)NS(=O)(=O)C1CC1. The van der Waals surface area contributed by atoms with Gasteiger partial charge < -0.3 is 20.7 Å². The number of fused-ring (bicyclic) bond motifs is 1. The first-order valence-corrected chi connectivity index (χ1v) is 15.8. The maximum absolute atomic E-state index is 13.8. The highest BCUT2D eigenvalue weighted by molar-refractivity contribution is 7.91. The molecule has 0 bridgehead atoms. The van der Waals surface area contributed by atoms with Crippen LogP contribution < -0.4 is 20.5 Å². The zero-order valence-electron chi connectivity index (χ0n) is 23.9. The molecule has 11 nitrogen and oxygen atoms in total. The second kappa shape index (κ2) is 10.5. The van der Waals surface area contributed by atoms with E-state index in [9.17, 15) is 22.8 Å². The number of benzene rings is 1. The average molecular weight is 586 g/mol. The van der Waals surface area contributed by atoms with Crippen molar-refractivity contribution in [3.63, 3.8) is 0 Å². The molecule has 3 amide bonds. The molecular formula is C29H39N5O6S. The maximum atomic E-state index is 13.8. The van der Waals surface area contributed by atoms with Crippen LogP contribution in [0.5, 0.6) is 5.88 Å². The Hall–Kier alpha value is -3.25. The Balaban J connectivity index is 1.39. The highest BCUT2D eigenvalue weighted by Gasteiger charge is 2.62.